The monoisotopic (exact) mass is 466 g/mol. The number of fused-ring (bicyclic) bond motifs is 3. The molecule has 2 heterocycles. The number of aromatic nitrogens is 4. The molecule has 8 heteroatoms. The largest absolute Gasteiger partial charge is 0.493 e. The highest BCUT2D eigenvalue weighted by Gasteiger charge is 2.13. The zero-order chi connectivity index (χ0) is 20.9. The second kappa shape index (κ2) is 9.21. The molecular weight excluding hydrogens is 444 g/mol. The molecule has 1 N–H and O–H groups in total. The minimum absolute atomic E-state index is 0.347. The van der Waals surface area contributed by atoms with Crippen LogP contribution in [-0.4, -0.2) is 32.6 Å². The fraction of sp³-hybridized carbons (Fsp3) is 0.273. The normalized spacial score (nSPS) is 11.6. The van der Waals surface area contributed by atoms with E-state index in [4.69, 9.17) is 4.74 Å². The second-order valence-corrected chi connectivity index (χ2v) is 7.74. The van der Waals surface area contributed by atoms with E-state index in [2.05, 4.69) is 66.1 Å². The summed E-state index contributed by atoms with van der Waals surface area (Å²) in [6.45, 7) is 5.70. The number of nitrogens with one attached hydrogen (secondary N) is 1. The molecule has 0 bridgehead atoms. The summed E-state index contributed by atoms with van der Waals surface area (Å²) >= 11 is 3.50. The van der Waals surface area contributed by atoms with Crippen molar-refractivity contribution in [3.05, 3.63) is 52.5 Å². The molecule has 0 atom stereocenters. The van der Waals surface area contributed by atoms with Gasteiger partial charge in [-0.15, -0.1) is 10.2 Å². The number of ether oxygens (including phenoxy) is 1. The molecule has 0 aliphatic rings. The van der Waals surface area contributed by atoms with Crippen LogP contribution < -0.4 is 10.2 Å². The molecule has 0 saturated heterocycles. The number of hydrazone groups is 1. The number of hydrogen-bond donors (Lipinski definition) is 1. The number of anilines is 1. The second-order valence-electron chi connectivity index (χ2n) is 6.82. The van der Waals surface area contributed by atoms with Crippen molar-refractivity contribution in [2.75, 3.05) is 12.0 Å². The number of nitrogens with zero attached hydrogens (tertiary/aromatic N) is 5. The maximum absolute atomic E-state index is 5.87. The van der Waals surface area contributed by atoms with Crippen LogP contribution in [0, 0.1) is 0 Å². The molecule has 2 aromatic carbocycles. The summed E-state index contributed by atoms with van der Waals surface area (Å²) in [4.78, 5) is 4.64. The first-order chi connectivity index (χ1) is 14.7. The number of rotatable bonds is 8. The van der Waals surface area contributed by atoms with Gasteiger partial charge in [0, 0.05) is 22.0 Å². The molecule has 7 nitrogen and oxygen atoms in total. The van der Waals surface area contributed by atoms with Crippen LogP contribution in [0.25, 0.3) is 22.1 Å². The van der Waals surface area contributed by atoms with Gasteiger partial charge in [0.05, 0.1) is 18.3 Å². The summed E-state index contributed by atoms with van der Waals surface area (Å²) in [7, 11) is 0. The van der Waals surface area contributed by atoms with Crippen molar-refractivity contribution in [3.63, 3.8) is 0 Å². The van der Waals surface area contributed by atoms with Crippen LogP contribution >= 0.6 is 15.9 Å². The third-order valence-electron chi connectivity index (χ3n) is 4.79. The van der Waals surface area contributed by atoms with Gasteiger partial charge in [0.25, 0.3) is 5.95 Å². The fourth-order valence-electron chi connectivity index (χ4n) is 3.31. The van der Waals surface area contributed by atoms with Crippen molar-refractivity contribution < 1.29 is 4.74 Å². The maximum atomic E-state index is 5.87. The minimum atomic E-state index is 0.347. The smallest absolute Gasteiger partial charge is 0.265 e. The first-order valence-electron chi connectivity index (χ1n) is 10.0. The number of aryl methyl sites for hydroxylation is 1. The summed E-state index contributed by atoms with van der Waals surface area (Å²) in [6.07, 6.45) is 3.80. The van der Waals surface area contributed by atoms with Crippen molar-refractivity contribution in [2.45, 2.75) is 33.2 Å². The molecule has 0 aliphatic carbocycles. The van der Waals surface area contributed by atoms with E-state index >= 15 is 0 Å². The highest BCUT2D eigenvalue weighted by molar-refractivity contribution is 9.10. The van der Waals surface area contributed by atoms with E-state index in [-0.39, 0.29) is 0 Å². The number of unbranched alkanes of at least 4 members (excludes halogenated alkanes) is 1. The lowest BCUT2D eigenvalue weighted by atomic mass is 10.2. The van der Waals surface area contributed by atoms with Crippen LogP contribution in [0.4, 0.5) is 5.95 Å². The Hall–Kier alpha value is -3.00. The molecule has 4 aromatic rings. The molecule has 4 rings (SSSR count). The highest BCUT2D eigenvalue weighted by Crippen LogP contribution is 2.26. The lowest BCUT2D eigenvalue weighted by Crippen LogP contribution is -2.03. The van der Waals surface area contributed by atoms with Gasteiger partial charge >= 0.3 is 0 Å². The standard InChI is InChI=1S/C22H23BrN6O/c1-3-5-12-30-19-11-10-16(23)13-15(19)14-24-27-22-25-21-20(26-28-22)17-8-6-7-9-18(17)29(21)4-2/h6-11,13-14H,3-5,12H2,1-2H3,(H,25,27,28)/b24-14+. The molecular formula is C22H23BrN6O. The molecule has 0 unspecified atom stereocenters. The Morgan fingerprint density at radius 1 is 1.17 bits per heavy atom. The predicted octanol–water partition coefficient (Wildman–Crippen LogP) is 5.39. The van der Waals surface area contributed by atoms with Gasteiger partial charge in [0.2, 0.25) is 0 Å². The van der Waals surface area contributed by atoms with Gasteiger partial charge in [-0.05, 0) is 37.6 Å². The molecule has 0 saturated carbocycles. The van der Waals surface area contributed by atoms with Gasteiger partial charge in [0.15, 0.2) is 5.65 Å². The number of halogens is 1. The molecule has 0 spiro atoms. The third-order valence-corrected chi connectivity index (χ3v) is 5.28. The quantitative estimate of drug-likeness (QED) is 0.214. The first-order valence-corrected chi connectivity index (χ1v) is 10.8. The van der Waals surface area contributed by atoms with E-state index in [1.165, 1.54) is 0 Å². The van der Waals surface area contributed by atoms with Crippen LogP contribution in [0.3, 0.4) is 0 Å². The Morgan fingerprint density at radius 3 is 2.87 bits per heavy atom. The topological polar surface area (TPSA) is 77.2 Å². The highest BCUT2D eigenvalue weighted by atomic mass is 79.9. The Morgan fingerprint density at radius 2 is 2.03 bits per heavy atom. The van der Waals surface area contributed by atoms with Crippen molar-refractivity contribution >= 4 is 50.2 Å². The van der Waals surface area contributed by atoms with Crippen LogP contribution in [0.15, 0.2) is 52.0 Å². The van der Waals surface area contributed by atoms with Gasteiger partial charge in [-0.1, -0.05) is 47.5 Å². The molecule has 2 aromatic heterocycles. The fourth-order valence-corrected chi connectivity index (χ4v) is 3.69. The number of benzene rings is 2. The van der Waals surface area contributed by atoms with E-state index in [0.717, 1.165) is 57.2 Å². The van der Waals surface area contributed by atoms with Crippen molar-refractivity contribution in [2.24, 2.45) is 5.10 Å². The average molecular weight is 467 g/mol. The number of hydrogen-bond acceptors (Lipinski definition) is 6. The summed E-state index contributed by atoms with van der Waals surface area (Å²) in [5, 5.41) is 13.9. The summed E-state index contributed by atoms with van der Waals surface area (Å²) in [5.74, 6) is 1.14. The van der Waals surface area contributed by atoms with Crippen molar-refractivity contribution in [3.8, 4) is 5.75 Å². The predicted molar refractivity (Wildman–Crippen MR) is 124 cm³/mol. The van der Waals surface area contributed by atoms with Crippen molar-refractivity contribution in [1.82, 2.24) is 19.7 Å². The Bertz CT molecular complexity index is 1200. The van der Waals surface area contributed by atoms with Crippen LogP contribution in [-0.2, 0) is 6.54 Å². The Balaban J connectivity index is 1.59. The van der Waals surface area contributed by atoms with E-state index in [1.54, 1.807) is 6.21 Å². The zero-order valence-electron chi connectivity index (χ0n) is 17.0. The third kappa shape index (κ3) is 4.14. The van der Waals surface area contributed by atoms with Gasteiger partial charge < -0.3 is 9.30 Å². The van der Waals surface area contributed by atoms with Crippen molar-refractivity contribution in [1.29, 1.82) is 0 Å². The van der Waals surface area contributed by atoms with Gasteiger partial charge in [-0.2, -0.15) is 10.1 Å². The summed E-state index contributed by atoms with van der Waals surface area (Å²) in [5.41, 5.74) is 6.44. The van der Waals surface area contributed by atoms with Crippen LogP contribution in [0.1, 0.15) is 32.3 Å². The van der Waals surface area contributed by atoms with Crippen LogP contribution in [0.2, 0.25) is 0 Å². The van der Waals surface area contributed by atoms with E-state index in [0.29, 0.717) is 12.6 Å². The lowest BCUT2D eigenvalue weighted by molar-refractivity contribution is 0.309. The summed E-state index contributed by atoms with van der Waals surface area (Å²) in [6, 6.07) is 14.0. The molecule has 0 fully saturated rings. The van der Waals surface area contributed by atoms with Gasteiger partial charge in [-0.25, -0.2) is 5.43 Å². The molecule has 154 valence electrons. The zero-order valence-corrected chi connectivity index (χ0v) is 18.6. The maximum Gasteiger partial charge on any atom is 0.265 e. The minimum Gasteiger partial charge on any atom is -0.493 e. The number of para-hydroxylation sites is 1. The molecule has 0 radical (unpaired) electrons. The Kier molecular flexibility index (Phi) is 6.23. The Labute approximate surface area is 183 Å². The molecule has 30 heavy (non-hydrogen) atoms. The molecule has 0 amide bonds. The lowest BCUT2D eigenvalue weighted by Gasteiger charge is -2.09. The van der Waals surface area contributed by atoms with Gasteiger partial charge in [0.1, 0.15) is 11.3 Å². The van der Waals surface area contributed by atoms with E-state index in [1.807, 2.05) is 36.4 Å². The average Bonchev–Trinajstić information content (AvgIpc) is 3.08. The molecule has 0 aliphatic heterocycles. The van der Waals surface area contributed by atoms with E-state index in [9.17, 15) is 0 Å². The van der Waals surface area contributed by atoms with Crippen LogP contribution in [0.5, 0.6) is 5.75 Å². The first kappa shape index (κ1) is 20.3. The summed E-state index contributed by atoms with van der Waals surface area (Å²) < 4.78 is 8.95. The SMILES string of the molecule is CCCCOc1ccc(Br)cc1/C=N/Nc1nnc2c3ccccc3n(CC)c2n1. The van der Waals surface area contributed by atoms with E-state index < -0.39 is 0 Å². The van der Waals surface area contributed by atoms with Gasteiger partial charge in [-0.3, -0.25) is 0 Å².